The van der Waals surface area contributed by atoms with Gasteiger partial charge in [0.15, 0.2) is 0 Å². The van der Waals surface area contributed by atoms with Crippen LogP contribution >= 0.6 is 15.9 Å². The van der Waals surface area contributed by atoms with E-state index in [1.165, 1.54) is 38.8 Å². The molecule has 1 N–H and O–H groups in total. The van der Waals surface area contributed by atoms with Crippen LogP contribution in [0.4, 0.5) is 0 Å². The minimum Gasteiger partial charge on any atom is -0.380 e. The van der Waals surface area contributed by atoms with E-state index in [-0.39, 0.29) is 0 Å². The lowest BCUT2D eigenvalue weighted by Gasteiger charge is -2.47. The van der Waals surface area contributed by atoms with E-state index in [4.69, 9.17) is 22.3 Å². The van der Waals surface area contributed by atoms with Crippen molar-refractivity contribution < 1.29 is 9.47 Å². The molecule has 4 nitrogen and oxygen atoms in total. The summed E-state index contributed by atoms with van der Waals surface area (Å²) in [5.74, 6) is 5.04. The average molecular weight is 411 g/mol. The summed E-state index contributed by atoms with van der Waals surface area (Å²) in [4.78, 5) is 2.35. The number of rotatable bonds is 1. The Morgan fingerprint density at radius 1 is 0.880 bits per heavy atom. The molecule has 0 aromatic rings. The van der Waals surface area contributed by atoms with E-state index in [0.717, 1.165) is 46.1 Å². The van der Waals surface area contributed by atoms with Crippen LogP contribution in [0.5, 0.6) is 0 Å². The summed E-state index contributed by atoms with van der Waals surface area (Å²) in [5.41, 5.74) is 1.16. The van der Waals surface area contributed by atoms with E-state index < -0.39 is 0 Å². The van der Waals surface area contributed by atoms with Crippen molar-refractivity contribution in [1.29, 1.82) is 0 Å². The number of likely N-dealkylation sites (tertiary alicyclic amines) is 1. The van der Waals surface area contributed by atoms with Crippen LogP contribution in [-0.2, 0) is 9.47 Å². The van der Waals surface area contributed by atoms with Gasteiger partial charge in [-0.15, -0.1) is 12.8 Å². The van der Waals surface area contributed by atoms with E-state index in [1.807, 2.05) is 0 Å². The molecular formula is C20H31BrN2O2. The predicted molar refractivity (Wildman–Crippen MR) is 106 cm³/mol. The lowest BCUT2D eigenvalue weighted by Crippen LogP contribution is -2.50. The van der Waals surface area contributed by atoms with Crippen LogP contribution in [-0.4, -0.2) is 69.4 Å². The summed E-state index contributed by atoms with van der Waals surface area (Å²) in [7, 11) is 0. The Balaban J connectivity index is 0.000000153. The second kappa shape index (κ2) is 10.6. The van der Waals surface area contributed by atoms with E-state index in [0.29, 0.717) is 16.2 Å². The van der Waals surface area contributed by atoms with Crippen molar-refractivity contribution in [2.75, 3.05) is 64.5 Å². The molecule has 4 aliphatic heterocycles. The van der Waals surface area contributed by atoms with Gasteiger partial charge in [0.1, 0.15) is 0 Å². The number of ether oxygens (including phenoxy) is 2. The Labute approximate surface area is 161 Å². The molecule has 0 bridgehead atoms. The van der Waals surface area contributed by atoms with Gasteiger partial charge in [-0.05, 0) is 51.9 Å². The van der Waals surface area contributed by atoms with Crippen molar-refractivity contribution in [3.05, 3.63) is 0 Å². The van der Waals surface area contributed by atoms with Crippen LogP contribution in [0.3, 0.4) is 0 Å². The van der Waals surface area contributed by atoms with Crippen LogP contribution < -0.4 is 5.32 Å². The van der Waals surface area contributed by atoms with Gasteiger partial charge in [-0.25, -0.2) is 0 Å². The van der Waals surface area contributed by atoms with Crippen molar-refractivity contribution in [2.45, 2.75) is 25.7 Å². The maximum atomic E-state index is 5.26. The molecule has 0 unspecified atom stereocenters. The molecule has 0 aliphatic carbocycles. The minimum absolute atomic E-state index is 0.547. The predicted octanol–water partition coefficient (Wildman–Crippen LogP) is 2.13. The largest absolute Gasteiger partial charge is 0.380 e. The lowest BCUT2D eigenvalue weighted by atomic mass is 9.77. The van der Waals surface area contributed by atoms with Gasteiger partial charge in [-0.3, -0.25) is 4.90 Å². The van der Waals surface area contributed by atoms with Crippen LogP contribution in [0, 0.1) is 35.5 Å². The molecule has 0 atom stereocenters. The maximum absolute atomic E-state index is 5.26. The third kappa shape index (κ3) is 6.27. The summed E-state index contributed by atoms with van der Waals surface area (Å²) in [6.45, 7) is 9.54. The molecule has 25 heavy (non-hydrogen) atoms. The highest BCUT2D eigenvalue weighted by atomic mass is 79.9. The summed E-state index contributed by atoms with van der Waals surface area (Å²) >= 11 is 3.01. The molecule has 2 spiro atoms. The molecule has 4 fully saturated rings. The van der Waals surface area contributed by atoms with Crippen LogP contribution in [0.25, 0.3) is 0 Å². The number of hydrogen-bond donors (Lipinski definition) is 1. The molecule has 140 valence electrons. The van der Waals surface area contributed by atoms with Crippen LogP contribution in [0.1, 0.15) is 25.7 Å². The van der Waals surface area contributed by atoms with Gasteiger partial charge in [0, 0.05) is 10.8 Å². The Morgan fingerprint density at radius 2 is 1.36 bits per heavy atom. The van der Waals surface area contributed by atoms with Crippen molar-refractivity contribution >= 4 is 15.9 Å². The van der Waals surface area contributed by atoms with Crippen molar-refractivity contribution in [2.24, 2.45) is 10.8 Å². The fourth-order valence-corrected chi connectivity index (χ4v) is 3.63. The van der Waals surface area contributed by atoms with Gasteiger partial charge < -0.3 is 14.8 Å². The van der Waals surface area contributed by atoms with Gasteiger partial charge in [-0.2, -0.15) is 0 Å². The number of alkyl halides is 1. The van der Waals surface area contributed by atoms with Gasteiger partial charge in [0.2, 0.25) is 0 Å². The first-order valence-electron chi connectivity index (χ1n) is 9.19. The molecule has 4 aliphatic rings. The van der Waals surface area contributed by atoms with Crippen LogP contribution in [0.15, 0.2) is 0 Å². The standard InChI is InChI=1S/C10H15NO.C7H13NO.C3H3Br/c1-2-5-11-6-3-10(4-7-11)8-12-9-10;1-3-8-4-2-7(1)5-9-6-7;1-2-3-4/h1H,3-9H2;8H,1-6H2;1H,3H2. The van der Waals surface area contributed by atoms with Gasteiger partial charge in [0.25, 0.3) is 0 Å². The van der Waals surface area contributed by atoms with Gasteiger partial charge in [0.05, 0.1) is 38.3 Å². The highest BCUT2D eigenvalue weighted by Gasteiger charge is 2.41. The first-order chi connectivity index (χ1) is 12.2. The zero-order chi connectivity index (χ0) is 18.0. The zero-order valence-corrected chi connectivity index (χ0v) is 16.8. The fraction of sp³-hybridized carbons (Fsp3) is 0.800. The molecule has 0 aromatic heterocycles. The first kappa shape index (κ1) is 20.7. The Bertz CT molecular complexity index is 457. The highest BCUT2D eigenvalue weighted by molar-refractivity contribution is 9.09. The Morgan fingerprint density at radius 3 is 1.68 bits per heavy atom. The average Bonchev–Trinajstić information content (AvgIpc) is 2.62. The Kier molecular flexibility index (Phi) is 8.76. The number of hydrogen-bond acceptors (Lipinski definition) is 4. The minimum atomic E-state index is 0.547. The van der Waals surface area contributed by atoms with E-state index >= 15 is 0 Å². The lowest BCUT2D eigenvalue weighted by molar-refractivity contribution is -0.138. The molecule has 5 heteroatoms. The first-order valence-corrected chi connectivity index (χ1v) is 10.3. The van der Waals surface area contributed by atoms with Crippen molar-refractivity contribution in [3.8, 4) is 24.7 Å². The smallest absolute Gasteiger partial charge is 0.0642 e. The molecule has 0 saturated carbocycles. The van der Waals surface area contributed by atoms with E-state index in [2.05, 4.69) is 38.0 Å². The molecule has 0 aromatic carbocycles. The molecule has 0 amide bonds. The topological polar surface area (TPSA) is 33.7 Å². The highest BCUT2D eigenvalue weighted by Crippen LogP contribution is 2.38. The fourth-order valence-electron chi connectivity index (χ4n) is 3.63. The number of nitrogens with zero attached hydrogens (tertiary/aromatic N) is 1. The summed E-state index contributed by atoms with van der Waals surface area (Å²) < 4.78 is 10.4. The molecular weight excluding hydrogens is 380 g/mol. The van der Waals surface area contributed by atoms with E-state index in [1.54, 1.807) is 0 Å². The van der Waals surface area contributed by atoms with Gasteiger partial charge in [-0.1, -0.05) is 27.8 Å². The Hall–Kier alpha value is -0.560. The summed E-state index contributed by atoms with van der Waals surface area (Å²) in [6.07, 6.45) is 15.2. The molecule has 4 saturated heterocycles. The van der Waals surface area contributed by atoms with E-state index in [9.17, 15) is 0 Å². The third-order valence-electron chi connectivity index (χ3n) is 5.61. The quantitative estimate of drug-likeness (QED) is 0.530. The maximum Gasteiger partial charge on any atom is 0.0642 e. The zero-order valence-electron chi connectivity index (χ0n) is 15.2. The number of terminal acetylenes is 2. The number of halogens is 1. The summed E-state index contributed by atoms with van der Waals surface area (Å²) in [5, 5.41) is 4.01. The van der Waals surface area contributed by atoms with Gasteiger partial charge >= 0.3 is 0 Å². The second-order valence-electron chi connectivity index (χ2n) is 7.55. The molecule has 4 heterocycles. The molecule has 4 rings (SSSR count). The normalized spacial score (nSPS) is 25.7. The van der Waals surface area contributed by atoms with Crippen molar-refractivity contribution in [1.82, 2.24) is 10.2 Å². The number of piperidine rings is 2. The van der Waals surface area contributed by atoms with Crippen LogP contribution in [0.2, 0.25) is 0 Å². The second-order valence-corrected chi connectivity index (χ2v) is 8.11. The monoisotopic (exact) mass is 410 g/mol. The third-order valence-corrected chi connectivity index (χ3v) is 5.93. The number of nitrogens with one attached hydrogen (secondary N) is 1. The summed E-state index contributed by atoms with van der Waals surface area (Å²) in [6, 6.07) is 0. The van der Waals surface area contributed by atoms with Crippen molar-refractivity contribution in [3.63, 3.8) is 0 Å². The molecule has 0 radical (unpaired) electrons. The SMILES string of the molecule is C#CCBr.C#CCN1CCC2(CC1)COC2.C1CC2(CCN1)COC2.